The van der Waals surface area contributed by atoms with Gasteiger partial charge in [0, 0.05) is 36.8 Å². The van der Waals surface area contributed by atoms with Crippen molar-refractivity contribution in [2.75, 3.05) is 11.6 Å². The molecule has 0 unspecified atom stereocenters. The van der Waals surface area contributed by atoms with Crippen molar-refractivity contribution in [3.8, 4) is 0 Å². The maximum absolute atomic E-state index is 11.8. The summed E-state index contributed by atoms with van der Waals surface area (Å²) in [7, 11) is -3.73. The number of nitrogens with zero attached hydrogens (tertiary/aromatic N) is 2. The average molecular weight is 413 g/mol. The van der Waals surface area contributed by atoms with Crippen LogP contribution in [0.25, 0.3) is 0 Å². The number of pyridine rings is 1. The van der Waals surface area contributed by atoms with Gasteiger partial charge in [0.15, 0.2) is 9.84 Å². The minimum absolute atomic E-state index is 0.0712. The zero-order chi connectivity index (χ0) is 21.0. The van der Waals surface area contributed by atoms with E-state index in [-0.39, 0.29) is 10.5 Å². The third-order valence-electron chi connectivity index (χ3n) is 4.33. The summed E-state index contributed by atoms with van der Waals surface area (Å²) in [5, 5.41) is 14.1. The molecule has 0 amide bonds. The summed E-state index contributed by atoms with van der Waals surface area (Å²) in [6.45, 7) is 0.875. The molecule has 8 nitrogen and oxygen atoms in total. The lowest BCUT2D eigenvalue weighted by atomic mass is 10.1. The lowest BCUT2D eigenvalue weighted by Crippen LogP contribution is -2.18. The monoisotopic (exact) mass is 413 g/mol. The summed E-state index contributed by atoms with van der Waals surface area (Å²) in [6, 6.07) is 16.6. The first-order valence-corrected chi connectivity index (χ1v) is 10.6. The Morgan fingerprint density at radius 1 is 1.03 bits per heavy atom. The molecule has 0 aliphatic heterocycles. The number of anilines is 1. The number of nitro groups is 1. The zero-order valence-electron chi connectivity index (χ0n) is 15.6. The van der Waals surface area contributed by atoms with E-state index in [2.05, 4.69) is 5.32 Å². The standard InChI is InChI=1S/C20H19N3O5S/c1-29(27,28)19-12-17(9-10-18(19)23(25)26)21-13-15-5-7-16(8-6-15)14-22-11-3-2-4-20(22)24/h2-12,21H,13-14H2,1H3. The maximum atomic E-state index is 11.8. The fourth-order valence-electron chi connectivity index (χ4n) is 2.83. The van der Waals surface area contributed by atoms with E-state index in [1.807, 2.05) is 24.3 Å². The molecule has 2 aromatic carbocycles. The number of nitro benzene ring substituents is 1. The second-order valence-electron chi connectivity index (χ2n) is 6.55. The quantitative estimate of drug-likeness (QED) is 0.471. The van der Waals surface area contributed by atoms with Crippen molar-refractivity contribution in [2.45, 2.75) is 18.0 Å². The van der Waals surface area contributed by atoms with Crippen LogP contribution >= 0.6 is 0 Å². The molecule has 1 heterocycles. The Morgan fingerprint density at radius 2 is 1.72 bits per heavy atom. The third kappa shape index (κ3) is 5.08. The molecule has 1 aromatic heterocycles. The Labute approximate surface area is 167 Å². The molecule has 0 bridgehead atoms. The summed E-state index contributed by atoms with van der Waals surface area (Å²) in [4.78, 5) is 21.8. The van der Waals surface area contributed by atoms with Gasteiger partial charge in [-0.15, -0.1) is 0 Å². The number of nitrogens with one attached hydrogen (secondary N) is 1. The molecular formula is C20H19N3O5S. The minimum Gasteiger partial charge on any atom is -0.381 e. The van der Waals surface area contributed by atoms with E-state index in [0.29, 0.717) is 18.8 Å². The molecule has 0 aliphatic carbocycles. The first kappa shape index (κ1) is 20.3. The SMILES string of the molecule is CS(=O)(=O)c1cc(NCc2ccc(Cn3ccccc3=O)cc2)ccc1[N+](=O)[O-]. The van der Waals surface area contributed by atoms with Gasteiger partial charge in [0.2, 0.25) is 0 Å². The number of hydrogen-bond donors (Lipinski definition) is 1. The number of rotatable bonds is 7. The second-order valence-corrected chi connectivity index (χ2v) is 8.53. The smallest absolute Gasteiger partial charge is 0.288 e. The molecule has 0 aliphatic rings. The molecule has 150 valence electrons. The molecule has 29 heavy (non-hydrogen) atoms. The van der Waals surface area contributed by atoms with Gasteiger partial charge in [0.1, 0.15) is 4.90 Å². The van der Waals surface area contributed by atoms with Crippen LogP contribution in [-0.2, 0) is 22.9 Å². The van der Waals surface area contributed by atoms with Crippen LogP contribution in [0, 0.1) is 10.1 Å². The molecule has 3 rings (SSSR count). The Balaban J connectivity index is 1.71. The summed E-state index contributed by atoms with van der Waals surface area (Å²) in [6.07, 6.45) is 2.67. The van der Waals surface area contributed by atoms with E-state index in [4.69, 9.17) is 0 Å². The topological polar surface area (TPSA) is 111 Å². The number of benzene rings is 2. The minimum atomic E-state index is -3.73. The fourth-order valence-corrected chi connectivity index (χ4v) is 3.69. The summed E-state index contributed by atoms with van der Waals surface area (Å²) in [5.41, 5.74) is 1.86. The van der Waals surface area contributed by atoms with Crippen molar-refractivity contribution in [1.29, 1.82) is 0 Å². The van der Waals surface area contributed by atoms with Crippen LogP contribution in [0.5, 0.6) is 0 Å². The van der Waals surface area contributed by atoms with Gasteiger partial charge >= 0.3 is 0 Å². The molecule has 0 saturated carbocycles. The van der Waals surface area contributed by atoms with Gasteiger partial charge < -0.3 is 9.88 Å². The van der Waals surface area contributed by atoms with Crippen molar-refractivity contribution >= 4 is 21.2 Å². The Kier molecular flexibility index (Phi) is 5.79. The van der Waals surface area contributed by atoms with E-state index in [0.717, 1.165) is 17.4 Å². The molecule has 0 radical (unpaired) electrons. The van der Waals surface area contributed by atoms with Crippen LogP contribution in [0.4, 0.5) is 11.4 Å². The van der Waals surface area contributed by atoms with Gasteiger partial charge in [-0.1, -0.05) is 30.3 Å². The first-order chi connectivity index (χ1) is 13.7. The van der Waals surface area contributed by atoms with Crippen LogP contribution in [-0.4, -0.2) is 24.2 Å². The molecular weight excluding hydrogens is 394 g/mol. The van der Waals surface area contributed by atoms with Gasteiger partial charge in [-0.3, -0.25) is 14.9 Å². The highest BCUT2D eigenvalue weighted by Gasteiger charge is 2.22. The summed E-state index contributed by atoms with van der Waals surface area (Å²) >= 11 is 0. The molecule has 0 fully saturated rings. The van der Waals surface area contributed by atoms with E-state index < -0.39 is 20.4 Å². The summed E-state index contributed by atoms with van der Waals surface area (Å²) in [5.74, 6) is 0. The van der Waals surface area contributed by atoms with Crippen molar-refractivity contribution in [3.05, 3.63) is 98.5 Å². The average Bonchev–Trinajstić information content (AvgIpc) is 2.68. The highest BCUT2D eigenvalue weighted by atomic mass is 32.2. The van der Waals surface area contributed by atoms with Gasteiger partial charge in [-0.25, -0.2) is 8.42 Å². The molecule has 0 atom stereocenters. The van der Waals surface area contributed by atoms with Crippen molar-refractivity contribution in [2.24, 2.45) is 0 Å². The van der Waals surface area contributed by atoms with Crippen LogP contribution in [0.1, 0.15) is 11.1 Å². The van der Waals surface area contributed by atoms with Crippen molar-refractivity contribution < 1.29 is 13.3 Å². The first-order valence-electron chi connectivity index (χ1n) is 8.70. The zero-order valence-corrected chi connectivity index (χ0v) is 16.4. The Morgan fingerprint density at radius 3 is 2.34 bits per heavy atom. The number of hydrogen-bond acceptors (Lipinski definition) is 6. The number of sulfone groups is 1. The predicted octanol–water partition coefficient (Wildman–Crippen LogP) is 2.82. The molecule has 0 saturated heterocycles. The van der Waals surface area contributed by atoms with Crippen LogP contribution in [0.2, 0.25) is 0 Å². The molecule has 9 heteroatoms. The van der Waals surface area contributed by atoms with Crippen LogP contribution in [0.15, 0.2) is 76.6 Å². The maximum Gasteiger partial charge on any atom is 0.288 e. The molecule has 1 N–H and O–H groups in total. The highest BCUT2D eigenvalue weighted by Crippen LogP contribution is 2.27. The largest absolute Gasteiger partial charge is 0.381 e. The predicted molar refractivity (Wildman–Crippen MR) is 110 cm³/mol. The second kappa shape index (κ2) is 8.27. The van der Waals surface area contributed by atoms with E-state index in [9.17, 15) is 23.3 Å². The van der Waals surface area contributed by atoms with E-state index in [1.165, 1.54) is 24.3 Å². The Hall–Kier alpha value is -3.46. The van der Waals surface area contributed by atoms with Crippen molar-refractivity contribution in [1.82, 2.24) is 4.57 Å². The van der Waals surface area contributed by atoms with E-state index >= 15 is 0 Å². The summed E-state index contributed by atoms with van der Waals surface area (Å²) < 4.78 is 25.3. The fraction of sp³-hybridized carbons (Fsp3) is 0.150. The van der Waals surface area contributed by atoms with Crippen LogP contribution in [0.3, 0.4) is 0 Å². The van der Waals surface area contributed by atoms with Crippen molar-refractivity contribution in [3.63, 3.8) is 0 Å². The number of aromatic nitrogens is 1. The van der Waals surface area contributed by atoms with Gasteiger partial charge in [-0.2, -0.15) is 0 Å². The lowest BCUT2D eigenvalue weighted by Gasteiger charge is -2.10. The third-order valence-corrected chi connectivity index (χ3v) is 5.45. The van der Waals surface area contributed by atoms with Gasteiger partial charge in [-0.05, 0) is 29.3 Å². The van der Waals surface area contributed by atoms with Gasteiger partial charge in [0.05, 0.1) is 11.5 Å². The van der Waals surface area contributed by atoms with Crippen LogP contribution < -0.4 is 10.9 Å². The Bertz CT molecular complexity index is 1200. The van der Waals surface area contributed by atoms with Gasteiger partial charge in [0.25, 0.3) is 11.2 Å². The highest BCUT2D eigenvalue weighted by molar-refractivity contribution is 7.90. The molecule has 3 aromatic rings. The van der Waals surface area contributed by atoms with E-state index in [1.54, 1.807) is 22.9 Å². The lowest BCUT2D eigenvalue weighted by molar-refractivity contribution is -0.387. The normalized spacial score (nSPS) is 11.2. The molecule has 0 spiro atoms.